The first-order valence-corrected chi connectivity index (χ1v) is 12.3. The Morgan fingerprint density at radius 3 is 2.42 bits per heavy atom. The minimum absolute atomic E-state index is 0.0491. The van der Waals surface area contributed by atoms with Gasteiger partial charge in [0.25, 0.3) is 0 Å². The van der Waals surface area contributed by atoms with Crippen LogP contribution in [0.1, 0.15) is 38.4 Å². The van der Waals surface area contributed by atoms with Gasteiger partial charge in [-0.05, 0) is 49.2 Å². The van der Waals surface area contributed by atoms with Crippen LogP contribution >= 0.6 is 0 Å². The molecule has 8 nitrogen and oxygen atoms in total. The Bertz CT molecular complexity index is 1230. The molecular weight excluding hydrogens is 445 g/mol. The van der Waals surface area contributed by atoms with Crippen molar-refractivity contribution in [2.75, 3.05) is 18.4 Å². The Balaban J connectivity index is 1.42. The molecule has 0 unspecified atom stereocenters. The Hall–Kier alpha value is -3.11. The van der Waals surface area contributed by atoms with Crippen molar-refractivity contribution in [1.29, 1.82) is 0 Å². The molecule has 174 valence electrons. The molecule has 1 aliphatic rings. The first-order valence-electron chi connectivity index (χ1n) is 10.8. The van der Waals surface area contributed by atoms with Crippen LogP contribution in [0.3, 0.4) is 0 Å². The SMILES string of the molecule is CC(C)c1nc(-c2ccccc2NC(=O)C2CCN(S(=O)(=O)c3ccc(F)cc3)CC2)n[nH]1. The van der Waals surface area contributed by atoms with Crippen molar-refractivity contribution in [3.8, 4) is 11.4 Å². The topological polar surface area (TPSA) is 108 Å². The van der Waals surface area contributed by atoms with E-state index in [1.807, 2.05) is 32.0 Å². The molecule has 0 radical (unpaired) electrons. The molecule has 0 bridgehead atoms. The summed E-state index contributed by atoms with van der Waals surface area (Å²) in [5.41, 5.74) is 1.32. The predicted octanol–water partition coefficient (Wildman–Crippen LogP) is 3.77. The van der Waals surface area contributed by atoms with E-state index in [-0.39, 0.29) is 35.7 Å². The van der Waals surface area contributed by atoms with Gasteiger partial charge in [0.2, 0.25) is 15.9 Å². The first kappa shape index (κ1) is 23.1. The fourth-order valence-corrected chi connectivity index (χ4v) is 5.26. The molecular formula is C23H26FN5O3S. The lowest BCUT2D eigenvalue weighted by atomic mass is 9.97. The van der Waals surface area contributed by atoms with Crippen molar-refractivity contribution in [2.45, 2.75) is 37.5 Å². The molecule has 3 aromatic rings. The zero-order valence-electron chi connectivity index (χ0n) is 18.5. The van der Waals surface area contributed by atoms with Crippen molar-refractivity contribution in [3.63, 3.8) is 0 Å². The average molecular weight is 472 g/mol. The van der Waals surface area contributed by atoms with Gasteiger partial charge < -0.3 is 5.32 Å². The number of nitrogens with zero attached hydrogens (tertiary/aromatic N) is 3. The third-order valence-corrected chi connectivity index (χ3v) is 7.66. The quantitative estimate of drug-likeness (QED) is 0.569. The summed E-state index contributed by atoms with van der Waals surface area (Å²) in [5, 5.41) is 10.2. The van der Waals surface area contributed by atoms with Crippen molar-refractivity contribution in [3.05, 3.63) is 60.2 Å². The number of amides is 1. The highest BCUT2D eigenvalue weighted by Crippen LogP contribution is 2.29. The predicted molar refractivity (Wildman–Crippen MR) is 122 cm³/mol. The average Bonchev–Trinajstić information content (AvgIpc) is 3.30. The van der Waals surface area contributed by atoms with Gasteiger partial charge >= 0.3 is 0 Å². The fraction of sp³-hybridized carbons (Fsp3) is 0.348. The number of aromatic nitrogens is 3. The van der Waals surface area contributed by atoms with Crippen molar-refractivity contribution in [1.82, 2.24) is 19.5 Å². The summed E-state index contributed by atoms with van der Waals surface area (Å²) < 4.78 is 40.1. The molecule has 2 N–H and O–H groups in total. The van der Waals surface area contributed by atoms with Gasteiger partial charge in [-0.2, -0.15) is 9.40 Å². The lowest BCUT2D eigenvalue weighted by Crippen LogP contribution is -2.41. The van der Waals surface area contributed by atoms with E-state index in [1.165, 1.54) is 16.4 Å². The van der Waals surface area contributed by atoms with E-state index in [2.05, 4.69) is 20.5 Å². The summed E-state index contributed by atoms with van der Waals surface area (Å²) in [6, 6.07) is 12.1. The second-order valence-corrected chi connectivity index (χ2v) is 10.3. The highest BCUT2D eigenvalue weighted by atomic mass is 32.2. The van der Waals surface area contributed by atoms with E-state index in [1.54, 1.807) is 6.07 Å². The van der Waals surface area contributed by atoms with Crippen LogP contribution < -0.4 is 5.32 Å². The molecule has 0 atom stereocenters. The van der Waals surface area contributed by atoms with Gasteiger partial charge in [0.15, 0.2) is 5.82 Å². The Labute approximate surface area is 192 Å². The monoisotopic (exact) mass is 471 g/mol. The number of benzene rings is 2. The van der Waals surface area contributed by atoms with Crippen molar-refractivity contribution >= 4 is 21.6 Å². The number of anilines is 1. The normalized spacial score (nSPS) is 15.6. The third-order valence-electron chi connectivity index (χ3n) is 5.75. The van der Waals surface area contributed by atoms with E-state index in [0.717, 1.165) is 18.0 Å². The molecule has 0 aliphatic carbocycles. The lowest BCUT2D eigenvalue weighted by Gasteiger charge is -2.30. The summed E-state index contributed by atoms with van der Waals surface area (Å²) in [4.78, 5) is 17.5. The molecule has 33 heavy (non-hydrogen) atoms. The molecule has 0 saturated carbocycles. The number of H-pyrrole nitrogens is 1. The molecule has 0 spiro atoms. The van der Waals surface area contributed by atoms with Crippen LogP contribution in [0.4, 0.5) is 10.1 Å². The molecule has 1 saturated heterocycles. The molecule has 2 aromatic carbocycles. The van der Waals surface area contributed by atoms with Crippen LogP contribution in [0.5, 0.6) is 0 Å². The van der Waals surface area contributed by atoms with Gasteiger partial charge in [-0.1, -0.05) is 26.0 Å². The van der Waals surface area contributed by atoms with Crippen LogP contribution in [-0.2, 0) is 14.8 Å². The van der Waals surface area contributed by atoms with Crippen LogP contribution in [0, 0.1) is 11.7 Å². The zero-order chi connectivity index (χ0) is 23.6. The minimum Gasteiger partial charge on any atom is -0.325 e. The Morgan fingerprint density at radius 2 is 1.79 bits per heavy atom. The van der Waals surface area contributed by atoms with Crippen molar-refractivity contribution in [2.24, 2.45) is 5.92 Å². The van der Waals surface area contributed by atoms with Crippen LogP contribution in [0.15, 0.2) is 53.4 Å². The van der Waals surface area contributed by atoms with Gasteiger partial charge in [-0.3, -0.25) is 9.89 Å². The zero-order valence-corrected chi connectivity index (χ0v) is 19.3. The fourth-order valence-electron chi connectivity index (χ4n) is 3.79. The van der Waals surface area contributed by atoms with E-state index in [0.29, 0.717) is 29.9 Å². The van der Waals surface area contributed by atoms with Crippen LogP contribution in [-0.4, -0.2) is 46.9 Å². The van der Waals surface area contributed by atoms with E-state index < -0.39 is 15.8 Å². The number of halogens is 1. The number of para-hydroxylation sites is 1. The second-order valence-electron chi connectivity index (χ2n) is 8.37. The highest BCUT2D eigenvalue weighted by molar-refractivity contribution is 7.89. The number of nitrogens with one attached hydrogen (secondary N) is 2. The molecule has 4 rings (SSSR count). The Kier molecular flexibility index (Phi) is 6.57. The highest BCUT2D eigenvalue weighted by Gasteiger charge is 2.32. The van der Waals surface area contributed by atoms with Crippen LogP contribution in [0.2, 0.25) is 0 Å². The molecule has 1 amide bonds. The lowest BCUT2D eigenvalue weighted by molar-refractivity contribution is -0.120. The third kappa shape index (κ3) is 4.96. The minimum atomic E-state index is -3.72. The maximum atomic E-state index is 13.1. The molecule has 1 fully saturated rings. The maximum absolute atomic E-state index is 13.1. The molecule has 2 heterocycles. The number of hydrogen-bond acceptors (Lipinski definition) is 5. The summed E-state index contributed by atoms with van der Waals surface area (Å²) in [6.07, 6.45) is 0.791. The molecule has 1 aliphatic heterocycles. The number of carbonyl (C=O) groups is 1. The largest absolute Gasteiger partial charge is 0.325 e. The standard InChI is InChI=1S/C23H26FN5O3S/c1-15(2)21-26-22(28-27-21)19-5-3-4-6-20(19)25-23(30)16-11-13-29(14-12-16)33(31,32)18-9-7-17(24)8-10-18/h3-10,15-16H,11-14H2,1-2H3,(H,25,30)(H,26,27,28). The number of aromatic amines is 1. The van der Waals surface area contributed by atoms with Crippen LogP contribution in [0.25, 0.3) is 11.4 Å². The van der Waals surface area contributed by atoms with Gasteiger partial charge in [-0.25, -0.2) is 17.8 Å². The van der Waals surface area contributed by atoms with E-state index in [4.69, 9.17) is 0 Å². The first-order chi connectivity index (χ1) is 15.8. The smallest absolute Gasteiger partial charge is 0.243 e. The Morgan fingerprint density at radius 1 is 1.12 bits per heavy atom. The van der Waals surface area contributed by atoms with E-state index in [9.17, 15) is 17.6 Å². The van der Waals surface area contributed by atoms with Gasteiger partial charge in [0.05, 0.1) is 10.6 Å². The maximum Gasteiger partial charge on any atom is 0.243 e. The number of hydrogen-bond donors (Lipinski definition) is 2. The number of sulfonamides is 1. The van der Waals surface area contributed by atoms with Gasteiger partial charge in [0.1, 0.15) is 11.6 Å². The van der Waals surface area contributed by atoms with Gasteiger partial charge in [-0.15, -0.1) is 0 Å². The van der Waals surface area contributed by atoms with E-state index >= 15 is 0 Å². The molecule has 1 aromatic heterocycles. The summed E-state index contributed by atoms with van der Waals surface area (Å²) in [7, 11) is -3.72. The van der Waals surface area contributed by atoms with Gasteiger partial charge in [0, 0.05) is 30.5 Å². The summed E-state index contributed by atoms with van der Waals surface area (Å²) >= 11 is 0. The number of piperidine rings is 1. The number of carbonyl (C=O) groups excluding carboxylic acids is 1. The van der Waals surface area contributed by atoms with Crippen molar-refractivity contribution < 1.29 is 17.6 Å². The second kappa shape index (κ2) is 9.40. The summed E-state index contributed by atoms with van der Waals surface area (Å²) in [5.74, 6) is 0.493. The summed E-state index contributed by atoms with van der Waals surface area (Å²) in [6.45, 7) is 4.47. The number of rotatable bonds is 6. The molecule has 10 heteroatoms.